The fourth-order valence-electron chi connectivity index (χ4n) is 1.85. The first-order valence-electron chi connectivity index (χ1n) is 5.84. The van der Waals surface area contributed by atoms with Crippen LogP contribution in [-0.2, 0) is 0 Å². The summed E-state index contributed by atoms with van der Waals surface area (Å²) in [5.74, 6) is 1.28. The van der Waals surface area contributed by atoms with E-state index in [9.17, 15) is 15.0 Å². The predicted molar refractivity (Wildman–Crippen MR) is 74.9 cm³/mol. The summed E-state index contributed by atoms with van der Waals surface area (Å²) in [6.45, 7) is -0.0539. The van der Waals surface area contributed by atoms with Gasteiger partial charge < -0.3 is 14.9 Å². The van der Waals surface area contributed by atoms with Gasteiger partial charge in [0, 0.05) is 0 Å². The van der Waals surface area contributed by atoms with Crippen LogP contribution in [-0.4, -0.2) is 23.1 Å². The third kappa shape index (κ3) is 2.43. The van der Waals surface area contributed by atoms with Gasteiger partial charge in [-0.25, -0.2) is 0 Å². The van der Waals surface area contributed by atoms with Gasteiger partial charge in [0.05, 0.1) is 5.56 Å². The van der Waals surface area contributed by atoms with E-state index in [0.29, 0.717) is 11.8 Å². The Hall–Kier alpha value is -2.93. The molecule has 0 atom stereocenters. The number of benzene rings is 2. The number of phenolic OH excluding ortho intramolecular Hbond substituents is 2. The minimum Gasteiger partial charge on any atom is -0.504 e. The van der Waals surface area contributed by atoms with E-state index in [1.165, 1.54) is 6.07 Å². The van der Waals surface area contributed by atoms with Gasteiger partial charge in [0.15, 0.2) is 17.8 Å². The quantitative estimate of drug-likeness (QED) is 0.508. The van der Waals surface area contributed by atoms with Crippen molar-refractivity contribution in [3.63, 3.8) is 0 Å². The summed E-state index contributed by atoms with van der Waals surface area (Å²) < 4.78 is 5.17. The minimum absolute atomic E-state index is 0.00163. The predicted octanol–water partition coefficient (Wildman–Crippen LogP) is 2.59. The van der Waals surface area contributed by atoms with Gasteiger partial charge in [0.1, 0.15) is 6.61 Å². The molecule has 0 heterocycles. The molecule has 2 N–H and O–H groups in total. The largest absolute Gasteiger partial charge is 0.504 e. The summed E-state index contributed by atoms with van der Waals surface area (Å²) in [7, 11) is 0. The number of rotatable bonds is 4. The van der Waals surface area contributed by atoms with Crippen LogP contribution in [0, 0.1) is 12.3 Å². The number of ether oxygens (including phenoxy) is 1. The molecule has 4 nitrogen and oxygen atoms in total. The topological polar surface area (TPSA) is 66.8 Å². The molecule has 0 aliphatic rings. The SMILES string of the molecule is C#CCOc1cc(-c2ccccc2)c(C=O)c(O)c1O. The van der Waals surface area contributed by atoms with Crippen LogP contribution in [0.15, 0.2) is 36.4 Å². The van der Waals surface area contributed by atoms with Gasteiger partial charge in [-0.3, -0.25) is 4.79 Å². The van der Waals surface area contributed by atoms with Gasteiger partial charge in [0.25, 0.3) is 0 Å². The van der Waals surface area contributed by atoms with E-state index in [-0.39, 0.29) is 17.9 Å². The number of aromatic hydroxyl groups is 2. The minimum atomic E-state index is -0.520. The molecule has 0 saturated heterocycles. The summed E-state index contributed by atoms with van der Waals surface area (Å²) >= 11 is 0. The van der Waals surface area contributed by atoms with Crippen LogP contribution in [0.1, 0.15) is 10.4 Å². The van der Waals surface area contributed by atoms with Crippen molar-refractivity contribution >= 4 is 6.29 Å². The molecule has 2 aromatic rings. The third-order valence-electron chi connectivity index (χ3n) is 2.79. The first-order valence-corrected chi connectivity index (χ1v) is 5.84. The highest BCUT2D eigenvalue weighted by atomic mass is 16.5. The van der Waals surface area contributed by atoms with E-state index in [4.69, 9.17) is 11.2 Å². The van der Waals surface area contributed by atoms with Crippen molar-refractivity contribution in [2.24, 2.45) is 0 Å². The maximum absolute atomic E-state index is 11.2. The molecule has 20 heavy (non-hydrogen) atoms. The summed E-state index contributed by atoms with van der Waals surface area (Å²) in [5.41, 5.74) is 1.18. The second-order valence-electron chi connectivity index (χ2n) is 4.01. The Labute approximate surface area is 116 Å². The lowest BCUT2D eigenvalue weighted by atomic mass is 9.98. The molecule has 0 amide bonds. The van der Waals surface area contributed by atoms with Crippen molar-refractivity contribution in [1.29, 1.82) is 0 Å². The van der Waals surface area contributed by atoms with Crippen molar-refractivity contribution in [1.82, 2.24) is 0 Å². The smallest absolute Gasteiger partial charge is 0.201 e. The van der Waals surface area contributed by atoms with Gasteiger partial charge >= 0.3 is 0 Å². The lowest BCUT2D eigenvalue weighted by Crippen LogP contribution is -1.97. The second kappa shape index (κ2) is 5.81. The second-order valence-corrected chi connectivity index (χ2v) is 4.01. The van der Waals surface area contributed by atoms with Crippen molar-refractivity contribution in [3.05, 3.63) is 42.0 Å². The Morgan fingerprint density at radius 1 is 1.20 bits per heavy atom. The molecular weight excluding hydrogens is 256 g/mol. The summed E-state index contributed by atoms with van der Waals surface area (Å²) in [6, 6.07) is 10.5. The molecule has 0 bridgehead atoms. The van der Waals surface area contributed by atoms with Gasteiger partial charge in [-0.1, -0.05) is 36.3 Å². The zero-order valence-electron chi connectivity index (χ0n) is 10.5. The van der Waals surface area contributed by atoms with Crippen molar-refractivity contribution < 1.29 is 19.7 Å². The van der Waals surface area contributed by atoms with E-state index in [1.807, 2.05) is 6.07 Å². The summed E-state index contributed by atoms with van der Waals surface area (Å²) in [6.07, 6.45) is 5.58. The lowest BCUT2D eigenvalue weighted by molar-refractivity contribution is 0.112. The average Bonchev–Trinajstić information content (AvgIpc) is 2.49. The van der Waals surface area contributed by atoms with Crippen molar-refractivity contribution in [3.8, 4) is 40.7 Å². The van der Waals surface area contributed by atoms with E-state index < -0.39 is 11.5 Å². The maximum atomic E-state index is 11.2. The molecular formula is C16H12O4. The molecule has 0 radical (unpaired) electrons. The Morgan fingerprint density at radius 3 is 2.50 bits per heavy atom. The molecule has 0 aromatic heterocycles. The van der Waals surface area contributed by atoms with E-state index in [1.54, 1.807) is 24.3 Å². The number of phenols is 2. The van der Waals surface area contributed by atoms with Crippen LogP contribution in [0.5, 0.6) is 17.2 Å². The van der Waals surface area contributed by atoms with Crippen molar-refractivity contribution in [2.75, 3.05) is 6.61 Å². The van der Waals surface area contributed by atoms with Crippen LogP contribution in [0.3, 0.4) is 0 Å². The molecule has 100 valence electrons. The monoisotopic (exact) mass is 268 g/mol. The molecule has 0 spiro atoms. The molecule has 0 unspecified atom stereocenters. The van der Waals surface area contributed by atoms with Crippen LogP contribution in [0.25, 0.3) is 11.1 Å². The Morgan fingerprint density at radius 2 is 1.90 bits per heavy atom. The molecule has 0 aliphatic heterocycles. The molecule has 2 aromatic carbocycles. The first-order chi connectivity index (χ1) is 9.69. The Kier molecular flexibility index (Phi) is 3.92. The zero-order valence-corrected chi connectivity index (χ0v) is 10.5. The molecule has 0 fully saturated rings. The number of carbonyl (C=O) groups excluding carboxylic acids is 1. The van der Waals surface area contributed by atoms with Crippen LogP contribution >= 0.6 is 0 Å². The molecule has 2 rings (SSSR count). The van der Waals surface area contributed by atoms with Crippen LogP contribution in [0.2, 0.25) is 0 Å². The summed E-state index contributed by atoms with van der Waals surface area (Å²) in [5, 5.41) is 19.7. The fourth-order valence-corrected chi connectivity index (χ4v) is 1.85. The van der Waals surface area contributed by atoms with Gasteiger partial charge in [-0.05, 0) is 17.2 Å². The average molecular weight is 268 g/mol. The summed E-state index contributed by atoms with van der Waals surface area (Å²) in [4.78, 5) is 11.2. The Balaban J connectivity index is 2.64. The molecule has 4 heteroatoms. The number of hydrogen-bond donors (Lipinski definition) is 2. The lowest BCUT2D eigenvalue weighted by Gasteiger charge is -2.13. The van der Waals surface area contributed by atoms with E-state index in [0.717, 1.165) is 5.56 Å². The fraction of sp³-hybridized carbons (Fsp3) is 0.0625. The Bertz CT molecular complexity index is 669. The zero-order chi connectivity index (χ0) is 14.5. The van der Waals surface area contributed by atoms with E-state index in [2.05, 4.69) is 5.92 Å². The van der Waals surface area contributed by atoms with Gasteiger partial charge in [-0.2, -0.15) is 0 Å². The third-order valence-corrected chi connectivity index (χ3v) is 2.79. The number of terminal acetylenes is 1. The highest BCUT2D eigenvalue weighted by Gasteiger charge is 2.18. The maximum Gasteiger partial charge on any atom is 0.201 e. The number of carbonyl (C=O) groups is 1. The number of aldehydes is 1. The van der Waals surface area contributed by atoms with Crippen LogP contribution in [0.4, 0.5) is 0 Å². The van der Waals surface area contributed by atoms with Crippen LogP contribution < -0.4 is 4.74 Å². The first kappa shape index (κ1) is 13.5. The highest BCUT2D eigenvalue weighted by molar-refractivity contribution is 5.93. The molecule has 0 aliphatic carbocycles. The standard InChI is InChI=1S/C16H12O4/c1-2-8-20-14-9-12(11-6-4-3-5-7-11)13(10-17)15(18)16(14)19/h1,3-7,9-10,18-19H,8H2. The number of hydrogen-bond acceptors (Lipinski definition) is 4. The van der Waals surface area contributed by atoms with Crippen molar-refractivity contribution in [2.45, 2.75) is 0 Å². The van der Waals surface area contributed by atoms with Gasteiger partial charge in [-0.15, -0.1) is 6.42 Å². The van der Waals surface area contributed by atoms with E-state index >= 15 is 0 Å². The molecule has 0 saturated carbocycles. The van der Waals surface area contributed by atoms with Gasteiger partial charge in [0.2, 0.25) is 5.75 Å². The highest BCUT2D eigenvalue weighted by Crippen LogP contribution is 2.43. The normalized spacial score (nSPS) is 9.75.